The van der Waals surface area contributed by atoms with E-state index in [1.54, 1.807) is 18.5 Å². The van der Waals surface area contributed by atoms with Gasteiger partial charge in [0.2, 0.25) is 0 Å². The maximum absolute atomic E-state index is 12.1. The van der Waals surface area contributed by atoms with Gasteiger partial charge in [0.05, 0.1) is 18.3 Å². The maximum atomic E-state index is 12.1. The van der Waals surface area contributed by atoms with Crippen LogP contribution in [-0.2, 0) is 4.74 Å². The summed E-state index contributed by atoms with van der Waals surface area (Å²) < 4.78 is 6.86. The zero-order chi connectivity index (χ0) is 15.8. The molecule has 0 fully saturated rings. The first-order valence-corrected chi connectivity index (χ1v) is 7.18. The van der Waals surface area contributed by atoms with Crippen LogP contribution in [0.1, 0.15) is 10.4 Å². The van der Waals surface area contributed by atoms with Crippen LogP contribution in [0.5, 0.6) is 0 Å². The second kappa shape index (κ2) is 5.21. The van der Waals surface area contributed by atoms with E-state index >= 15 is 0 Å². The van der Waals surface area contributed by atoms with Crippen molar-refractivity contribution in [1.82, 2.24) is 14.5 Å². The van der Waals surface area contributed by atoms with Gasteiger partial charge in [0, 0.05) is 29.4 Å². The molecule has 0 atom stereocenters. The third-order valence-electron chi connectivity index (χ3n) is 3.88. The Morgan fingerprint density at radius 2 is 1.87 bits per heavy atom. The Morgan fingerprint density at radius 1 is 1.04 bits per heavy atom. The van der Waals surface area contributed by atoms with Crippen molar-refractivity contribution in [3.05, 3.63) is 66.6 Å². The summed E-state index contributed by atoms with van der Waals surface area (Å²) in [5, 5.41) is 2.12. The highest BCUT2D eigenvalue weighted by Crippen LogP contribution is 2.31. The van der Waals surface area contributed by atoms with E-state index < -0.39 is 5.97 Å². The minimum atomic E-state index is -0.421. The van der Waals surface area contributed by atoms with E-state index in [1.165, 1.54) is 13.3 Å². The number of pyridine rings is 2. The van der Waals surface area contributed by atoms with E-state index in [2.05, 4.69) is 16.0 Å². The Morgan fingerprint density at radius 3 is 2.74 bits per heavy atom. The molecule has 4 rings (SSSR count). The van der Waals surface area contributed by atoms with Gasteiger partial charge >= 0.3 is 5.97 Å². The molecular formula is C18H13N3O2. The van der Waals surface area contributed by atoms with Gasteiger partial charge in [0.25, 0.3) is 0 Å². The lowest BCUT2D eigenvalue weighted by Crippen LogP contribution is -2.08. The van der Waals surface area contributed by atoms with Gasteiger partial charge in [-0.05, 0) is 24.3 Å². The molecule has 112 valence electrons. The molecule has 0 saturated heterocycles. The summed E-state index contributed by atoms with van der Waals surface area (Å²) in [6.07, 6.45) is 4.92. The Balaban J connectivity index is 2.16. The number of esters is 1. The van der Waals surface area contributed by atoms with Crippen molar-refractivity contribution in [2.75, 3.05) is 7.11 Å². The van der Waals surface area contributed by atoms with E-state index in [0.29, 0.717) is 11.3 Å². The zero-order valence-corrected chi connectivity index (χ0v) is 12.4. The number of ether oxygens (including phenoxy) is 1. The molecule has 0 amide bonds. The lowest BCUT2D eigenvalue weighted by atomic mass is 10.2. The number of para-hydroxylation sites is 1. The van der Waals surface area contributed by atoms with Gasteiger partial charge in [-0.15, -0.1) is 0 Å². The fourth-order valence-electron chi connectivity index (χ4n) is 2.89. The molecule has 3 heterocycles. The number of carbonyl (C=O) groups is 1. The van der Waals surface area contributed by atoms with Crippen molar-refractivity contribution < 1.29 is 9.53 Å². The normalized spacial score (nSPS) is 11.0. The van der Waals surface area contributed by atoms with Crippen molar-refractivity contribution >= 4 is 27.9 Å². The molecule has 0 aliphatic heterocycles. The molecule has 1 aromatic carbocycles. The lowest BCUT2D eigenvalue weighted by Gasteiger charge is -2.10. The molecule has 4 aromatic rings. The molecule has 0 radical (unpaired) electrons. The summed E-state index contributed by atoms with van der Waals surface area (Å²) in [4.78, 5) is 20.7. The highest BCUT2D eigenvalue weighted by Gasteiger charge is 2.18. The Labute approximate surface area is 132 Å². The number of fused-ring (bicyclic) bond motifs is 3. The molecule has 3 aromatic heterocycles. The van der Waals surface area contributed by atoms with Crippen LogP contribution in [0.25, 0.3) is 27.6 Å². The van der Waals surface area contributed by atoms with Crippen molar-refractivity contribution in [1.29, 1.82) is 0 Å². The molecule has 5 nitrogen and oxygen atoms in total. The number of methoxy groups -OCH3 is 1. The predicted octanol–water partition coefficient (Wildman–Crippen LogP) is 3.36. The second-order valence-electron chi connectivity index (χ2n) is 5.11. The van der Waals surface area contributed by atoms with Crippen LogP contribution in [0.15, 0.2) is 61.1 Å². The van der Waals surface area contributed by atoms with Crippen LogP contribution in [0.3, 0.4) is 0 Å². The van der Waals surface area contributed by atoms with Gasteiger partial charge in [-0.2, -0.15) is 0 Å². The molecule has 0 spiro atoms. The number of rotatable bonds is 2. The molecule has 23 heavy (non-hydrogen) atoms. The Bertz CT molecular complexity index is 983. The number of benzene rings is 1. The molecule has 0 N–H and O–H groups in total. The standard InChI is InChI=1S/C18H13N3O2/c1-23-18(22)14-11-19-10-8-16(14)21-15-7-3-2-5-12(15)13-6-4-9-20-17(13)21/h2-11H,1H3. The van der Waals surface area contributed by atoms with Gasteiger partial charge < -0.3 is 4.74 Å². The van der Waals surface area contributed by atoms with E-state index in [-0.39, 0.29) is 0 Å². The fourth-order valence-corrected chi connectivity index (χ4v) is 2.89. The van der Waals surface area contributed by atoms with Crippen molar-refractivity contribution in [2.45, 2.75) is 0 Å². The van der Waals surface area contributed by atoms with Crippen LogP contribution < -0.4 is 0 Å². The minimum Gasteiger partial charge on any atom is -0.465 e. The quantitative estimate of drug-likeness (QED) is 0.533. The maximum Gasteiger partial charge on any atom is 0.341 e. The first-order valence-electron chi connectivity index (χ1n) is 7.18. The Hall–Kier alpha value is -3.21. The predicted molar refractivity (Wildman–Crippen MR) is 87.7 cm³/mol. The van der Waals surface area contributed by atoms with Gasteiger partial charge in [-0.25, -0.2) is 9.78 Å². The number of hydrogen-bond acceptors (Lipinski definition) is 4. The average molecular weight is 303 g/mol. The van der Waals surface area contributed by atoms with Crippen molar-refractivity contribution in [3.63, 3.8) is 0 Å². The van der Waals surface area contributed by atoms with Crippen LogP contribution in [0, 0.1) is 0 Å². The summed E-state index contributed by atoms with van der Waals surface area (Å²) in [5.74, 6) is -0.421. The molecule has 0 bridgehead atoms. The third kappa shape index (κ3) is 1.97. The van der Waals surface area contributed by atoms with Crippen LogP contribution in [0.4, 0.5) is 0 Å². The molecule has 0 aliphatic rings. The van der Waals surface area contributed by atoms with Crippen molar-refractivity contribution in [2.24, 2.45) is 0 Å². The molecular weight excluding hydrogens is 290 g/mol. The third-order valence-corrected chi connectivity index (χ3v) is 3.88. The number of aromatic nitrogens is 3. The summed E-state index contributed by atoms with van der Waals surface area (Å²) in [6, 6.07) is 13.8. The van der Waals surface area contributed by atoms with Gasteiger partial charge in [-0.3, -0.25) is 9.55 Å². The summed E-state index contributed by atoms with van der Waals surface area (Å²) in [5.41, 5.74) is 2.89. The molecule has 5 heteroatoms. The van der Waals surface area contributed by atoms with Gasteiger partial charge in [0.1, 0.15) is 11.2 Å². The highest BCUT2D eigenvalue weighted by molar-refractivity contribution is 6.08. The number of carbonyl (C=O) groups excluding carboxylic acids is 1. The monoisotopic (exact) mass is 303 g/mol. The molecule has 0 saturated carbocycles. The number of nitrogens with zero attached hydrogens (tertiary/aromatic N) is 3. The summed E-state index contributed by atoms with van der Waals surface area (Å²) in [6.45, 7) is 0. The van der Waals surface area contributed by atoms with Gasteiger partial charge in [-0.1, -0.05) is 18.2 Å². The zero-order valence-electron chi connectivity index (χ0n) is 12.4. The Kier molecular flexibility index (Phi) is 3.05. The van der Waals surface area contributed by atoms with E-state index in [4.69, 9.17) is 4.74 Å². The van der Waals surface area contributed by atoms with Gasteiger partial charge in [0.15, 0.2) is 0 Å². The summed E-state index contributed by atoms with van der Waals surface area (Å²) >= 11 is 0. The van der Waals surface area contributed by atoms with E-state index in [1.807, 2.05) is 34.9 Å². The first-order chi connectivity index (χ1) is 11.3. The SMILES string of the molecule is COC(=O)c1cnccc1-n1c2ccccc2c2cccnc21. The lowest BCUT2D eigenvalue weighted by molar-refractivity contribution is 0.0600. The molecule has 0 unspecified atom stereocenters. The average Bonchev–Trinajstić information content (AvgIpc) is 2.95. The first kappa shape index (κ1) is 13.5. The molecule has 0 aliphatic carbocycles. The van der Waals surface area contributed by atoms with Crippen molar-refractivity contribution in [3.8, 4) is 5.69 Å². The van der Waals surface area contributed by atoms with E-state index in [0.717, 1.165) is 21.9 Å². The largest absolute Gasteiger partial charge is 0.465 e. The topological polar surface area (TPSA) is 57.0 Å². The van der Waals surface area contributed by atoms with Crippen LogP contribution >= 0.6 is 0 Å². The smallest absolute Gasteiger partial charge is 0.341 e. The number of hydrogen-bond donors (Lipinski definition) is 0. The second-order valence-corrected chi connectivity index (χ2v) is 5.11. The minimum absolute atomic E-state index is 0.406. The van der Waals surface area contributed by atoms with Crippen LogP contribution in [0.2, 0.25) is 0 Å². The fraction of sp³-hybridized carbons (Fsp3) is 0.0556. The van der Waals surface area contributed by atoms with E-state index in [9.17, 15) is 4.79 Å². The van der Waals surface area contributed by atoms with Crippen LogP contribution in [-0.4, -0.2) is 27.6 Å². The highest BCUT2D eigenvalue weighted by atomic mass is 16.5. The summed E-state index contributed by atoms with van der Waals surface area (Å²) in [7, 11) is 1.36.